The van der Waals surface area contributed by atoms with Crippen LogP contribution >= 0.6 is 27.3 Å². The van der Waals surface area contributed by atoms with E-state index in [1.54, 1.807) is 11.4 Å². The molecule has 0 bridgehead atoms. The summed E-state index contributed by atoms with van der Waals surface area (Å²) in [5.74, 6) is 0. The molecule has 0 spiro atoms. The molecule has 0 aliphatic heterocycles. The van der Waals surface area contributed by atoms with E-state index in [9.17, 15) is 8.42 Å². The van der Waals surface area contributed by atoms with Gasteiger partial charge in [-0.05, 0) is 47.4 Å². The smallest absolute Gasteiger partial charge is 0.251 e. The monoisotopic (exact) mass is 312 g/mol. The Kier molecular flexibility index (Phi) is 5.20. The van der Waals surface area contributed by atoms with Crippen molar-refractivity contribution in [1.82, 2.24) is 10.0 Å². The SMILES string of the molecule is CNCCCNS(=O)(=O)c1sccc1Br. The summed E-state index contributed by atoms with van der Waals surface area (Å²) in [6.45, 7) is 1.25. The zero-order valence-corrected chi connectivity index (χ0v) is 11.5. The Morgan fingerprint density at radius 1 is 1.47 bits per heavy atom. The molecular weight excluding hydrogens is 300 g/mol. The molecule has 1 aromatic rings. The molecule has 1 rings (SSSR count). The molecular formula is C8H13BrN2O2S2. The predicted octanol–water partition coefficient (Wildman–Crippen LogP) is 1.40. The van der Waals surface area contributed by atoms with Crippen molar-refractivity contribution in [3.8, 4) is 0 Å². The van der Waals surface area contributed by atoms with E-state index in [1.807, 2.05) is 7.05 Å². The van der Waals surface area contributed by atoms with E-state index in [0.29, 0.717) is 15.2 Å². The first-order chi connectivity index (χ1) is 7.08. The average molecular weight is 313 g/mol. The van der Waals surface area contributed by atoms with Gasteiger partial charge in [0.15, 0.2) is 0 Å². The minimum Gasteiger partial charge on any atom is -0.320 e. The first-order valence-corrected chi connectivity index (χ1v) is 7.61. The Balaban J connectivity index is 2.57. The van der Waals surface area contributed by atoms with Crippen molar-refractivity contribution >= 4 is 37.3 Å². The number of nitrogens with one attached hydrogen (secondary N) is 2. The van der Waals surface area contributed by atoms with Crippen molar-refractivity contribution in [2.45, 2.75) is 10.6 Å². The number of thiophene rings is 1. The highest BCUT2D eigenvalue weighted by molar-refractivity contribution is 9.10. The van der Waals surface area contributed by atoms with Crippen LogP contribution in [0.25, 0.3) is 0 Å². The fraction of sp³-hybridized carbons (Fsp3) is 0.500. The van der Waals surface area contributed by atoms with Gasteiger partial charge in [0.1, 0.15) is 4.21 Å². The van der Waals surface area contributed by atoms with Gasteiger partial charge in [0, 0.05) is 11.0 Å². The molecule has 0 aliphatic carbocycles. The van der Waals surface area contributed by atoms with E-state index in [-0.39, 0.29) is 0 Å². The molecule has 0 unspecified atom stereocenters. The van der Waals surface area contributed by atoms with Crippen LogP contribution in [-0.2, 0) is 10.0 Å². The minimum absolute atomic E-state index is 0.340. The van der Waals surface area contributed by atoms with Gasteiger partial charge < -0.3 is 5.32 Å². The Bertz CT molecular complexity index is 403. The highest BCUT2D eigenvalue weighted by Crippen LogP contribution is 2.27. The first kappa shape index (κ1) is 13.1. The summed E-state index contributed by atoms with van der Waals surface area (Å²) in [5.41, 5.74) is 0. The summed E-state index contributed by atoms with van der Waals surface area (Å²) in [4.78, 5) is 0. The minimum atomic E-state index is -3.33. The molecule has 4 nitrogen and oxygen atoms in total. The van der Waals surface area contributed by atoms with Crippen molar-refractivity contribution in [3.63, 3.8) is 0 Å². The molecule has 86 valence electrons. The van der Waals surface area contributed by atoms with Gasteiger partial charge in [-0.1, -0.05) is 0 Å². The number of hydrogen-bond donors (Lipinski definition) is 2. The van der Waals surface area contributed by atoms with Crippen LogP contribution in [-0.4, -0.2) is 28.6 Å². The van der Waals surface area contributed by atoms with Crippen LogP contribution in [0.2, 0.25) is 0 Å². The lowest BCUT2D eigenvalue weighted by Crippen LogP contribution is -2.26. The summed E-state index contributed by atoms with van der Waals surface area (Å²) in [6, 6.07) is 1.73. The topological polar surface area (TPSA) is 58.2 Å². The normalized spacial score (nSPS) is 11.9. The van der Waals surface area contributed by atoms with Crippen LogP contribution in [0.5, 0.6) is 0 Å². The lowest BCUT2D eigenvalue weighted by molar-refractivity contribution is 0.579. The van der Waals surface area contributed by atoms with Gasteiger partial charge >= 0.3 is 0 Å². The summed E-state index contributed by atoms with van der Waals surface area (Å²) in [5, 5.41) is 4.70. The van der Waals surface area contributed by atoms with Crippen LogP contribution < -0.4 is 10.0 Å². The molecule has 1 aromatic heterocycles. The van der Waals surface area contributed by atoms with Gasteiger partial charge in [-0.2, -0.15) is 0 Å². The predicted molar refractivity (Wildman–Crippen MR) is 65.8 cm³/mol. The molecule has 0 fully saturated rings. The third-order valence-electron chi connectivity index (χ3n) is 1.72. The Labute approximate surface area is 102 Å². The van der Waals surface area contributed by atoms with E-state index in [4.69, 9.17) is 0 Å². The Morgan fingerprint density at radius 2 is 2.20 bits per heavy atom. The van der Waals surface area contributed by atoms with Crippen LogP contribution in [0, 0.1) is 0 Å². The van der Waals surface area contributed by atoms with E-state index in [0.717, 1.165) is 13.0 Å². The van der Waals surface area contributed by atoms with Crippen LogP contribution in [0.15, 0.2) is 20.1 Å². The molecule has 0 aliphatic rings. The average Bonchev–Trinajstić information content (AvgIpc) is 2.60. The molecule has 0 radical (unpaired) electrons. The van der Waals surface area contributed by atoms with Crippen molar-refractivity contribution in [2.75, 3.05) is 20.1 Å². The summed E-state index contributed by atoms with van der Waals surface area (Å²) < 4.78 is 27.0. The van der Waals surface area contributed by atoms with Gasteiger partial charge in [-0.25, -0.2) is 13.1 Å². The molecule has 0 saturated carbocycles. The highest BCUT2D eigenvalue weighted by atomic mass is 79.9. The largest absolute Gasteiger partial charge is 0.320 e. The van der Waals surface area contributed by atoms with Gasteiger partial charge in [0.05, 0.1) is 0 Å². The summed E-state index contributed by atoms with van der Waals surface area (Å²) in [6.07, 6.45) is 0.777. The van der Waals surface area contributed by atoms with Crippen LogP contribution in [0.4, 0.5) is 0 Å². The van der Waals surface area contributed by atoms with E-state index >= 15 is 0 Å². The van der Waals surface area contributed by atoms with Crippen LogP contribution in [0.3, 0.4) is 0 Å². The number of rotatable bonds is 6. The molecule has 0 saturated heterocycles. The zero-order valence-electron chi connectivity index (χ0n) is 8.29. The van der Waals surface area contributed by atoms with E-state index in [2.05, 4.69) is 26.0 Å². The quantitative estimate of drug-likeness (QED) is 0.781. The van der Waals surface area contributed by atoms with Crippen molar-refractivity contribution in [3.05, 3.63) is 15.9 Å². The van der Waals surface area contributed by atoms with Gasteiger partial charge in [0.25, 0.3) is 10.0 Å². The van der Waals surface area contributed by atoms with Crippen molar-refractivity contribution < 1.29 is 8.42 Å². The first-order valence-electron chi connectivity index (χ1n) is 4.45. The van der Waals surface area contributed by atoms with E-state index < -0.39 is 10.0 Å². The second-order valence-electron chi connectivity index (χ2n) is 2.91. The standard InChI is InChI=1S/C8H13BrN2O2S2/c1-10-4-2-5-11-15(12,13)8-7(9)3-6-14-8/h3,6,10-11H,2,4-5H2,1H3. The second kappa shape index (κ2) is 5.95. The zero-order chi connectivity index (χ0) is 11.3. The Morgan fingerprint density at radius 3 is 2.73 bits per heavy atom. The maximum absolute atomic E-state index is 11.7. The fourth-order valence-electron chi connectivity index (χ4n) is 1.01. The maximum Gasteiger partial charge on any atom is 0.251 e. The molecule has 7 heteroatoms. The maximum atomic E-state index is 11.7. The van der Waals surface area contributed by atoms with Gasteiger partial charge in [-0.15, -0.1) is 11.3 Å². The Hall–Kier alpha value is 0.0500. The molecule has 0 atom stereocenters. The third kappa shape index (κ3) is 3.84. The van der Waals surface area contributed by atoms with E-state index in [1.165, 1.54) is 11.3 Å². The van der Waals surface area contributed by atoms with Crippen molar-refractivity contribution in [1.29, 1.82) is 0 Å². The number of hydrogen-bond acceptors (Lipinski definition) is 4. The third-order valence-corrected chi connectivity index (χ3v) is 5.86. The lowest BCUT2D eigenvalue weighted by atomic mass is 10.4. The van der Waals surface area contributed by atoms with Gasteiger partial charge in [0.2, 0.25) is 0 Å². The second-order valence-corrected chi connectivity index (χ2v) is 6.64. The number of halogens is 1. The fourth-order valence-corrected chi connectivity index (χ4v) is 4.46. The van der Waals surface area contributed by atoms with Crippen LogP contribution in [0.1, 0.15) is 6.42 Å². The molecule has 0 amide bonds. The highest BCUT2D eigenvalue weighted by Gasteiger charge is 2.17. The lowest BCUT2D eigenvalue weighted by Gasteiger charge is -2.04. The van der Waals surface area contributed by atoms with Crippen molar-refractivity contribution in [2.24, 2.45) is 0 Å². The molecule has 15 heavy (non-hydrogen) atoms. The molecule has 0 aromatic carbocycles. The summed E-state index contributed by atoms with van der Waals surface area (Å²) >= 11 is 4.41. The molecule has 1 heterocycles. The van der Waals surface area contributed by atoms with Gasteiger partial charge in [-0.3, -0.25) is 0 Å². The molecule has 2 N–H and O–H groups in total. The number of sulfonamides is 1. The summed E-state index contributed by atoms with van der Waals surface area (Å²) in [7, 11) is -1.50.